The first-order valence-corrected chi connectivity index (χ1v) is 8.15. The normalized spacial score (nSPS) is 10.9. The molecule has 4 nitrogen and oxygen atoms in total. The van der Waals surface area contributed by atoms with Gasteiger partial charge < -0.3 is 10.2 Å². The number of hydrogen-bond acceptors (Lipinski definition) is 5. The first kappa shape index (κ1) is 14.8. The van der Waals surface area contributed by atoms with Crippen molar-refractivity contribution < 1.29 is 0 Å². The summed E-state index contributed by atoms with van der Waals surface area (Å²) in [7, 11) is 4.10. The second kappa shape index (κ2) is 5.93. The zero-order valence-electron chi connectivity index (χ0n) is 13.3. The van der Waals surface area contributed by atoms with E-state index in [1.807, 2.05) is 21.0 Å². The Morgan fingerprint density at radius 2 is 1.82 bits per heavy atom. The topological polar surface area (TPSA) is 41.1 Å². The van der Waals surface area contributed by atoms with Gasteiger partial charge in [0.1, 0.15) is 16.5 Å². The van der Waals surface area contributed by atoms with Crippen LogP contribution in [0.25, 0.3) is 10.2 Å². The zero-order valence-corrected chi connectivity index (χ0v) is 14.2. The first-order chi connectivity index (χ1) is 10.5. The molecule has 1 N–H and O–H groups in total. The Morgan fingerprint density at radius 3 is 2.50 bits per heavy atom. The summed E-state index contributed by atoms with van der Waals surface area (Å²) in [6, 6.07) is 8.56. The lowest BCUT2D eigenvalue weighted by Gasteiger charge is -2.13. The molecule has 5 heteroatoms. The van der Waals surface area contributed by atoms with E-state index in [2.05, 4.69) is 56.8 Å². The molecule has 0 atom stereocenters. The van der Waals surface area contributed by atoms with E-state index in [0.29, 0.717) is 0 Å². The lowest BCUT2D eigenvalue weighted by atomic mass is 10.2. The third-order valence-corrected chi connectivity index (χ3v) is 4.63. The maximum Gasteiger partial charge on any atom is 0.139 e. The Hall–Kier alpha value is -2.14. The largest absolute Gasteiger partial charge is 0.378 e. The van der Waals surface area contributed by atoms with Gasteiger partial charge in [0.05, 0.1) is 5.39 Å². The molecule has 2 aromatic heterocycles. The molecule has 1 aromatic carbocycles. The van der Waals surface area contributed by atoms with Crippen LogP contribution in [0.15, 0.2) is 29.6 Å². The summed E-state index contributed by atoms with van der Waals surface area (Å²) in [5.74, 6) is 1.73. The number of fused-ring (bicyclic) bond motifs is 1. The number of thiophene rings is 1. The summed E-state index contributed by atoms with van der Waals surface area (Å²) < 4.78 is 0. The fourth-order valence-electron chi connectivity index (χ4n) is 2.42. The quantitative estimate of drug-likeness (QED) is 0.791. The van der Waals surface area contributed by atoms with E-state index >= 15 is 0 Å². The van der Waals surface area contributed by atoms with Crippen molar-refractivity contribution >= 4 is 33.1 Å². The summed E-state index contributed by atoms with van der Waals surface area (Å²) in [5, 5.41) is 6.74. The molecule has 0 unspecified atom stereocenters. The Kier molecular flexibility index (Phi) is 3.98. The molecule has 0 aliphatic heterocycles. The van der Waals surface area contributed by atoms with Crippen LogP contribution in [0.4, 0.5) is 11.5 Å². The molecule has 0 radical (unpaired) electrons. The molecule has 0 aliphatic rings. The number of aryl methyl sites for hydroxylation is 2. The second-order valence-electron chi connectivity index (χ2n) is 5.63. The maximum atomic E-state index is 4.57. The molecule has 2 heterocycles. The Bertz CT molecular complexity index is 790. The van der Waals surface area contributed by atoms with Crippen molar-refractivity contribution in [1.82, 2.24) is 9.97 Å². The van der Waals surface area contributed by atoms with Gasteiger partial charge in [-0.3, -0.25) is 0 Å². The molecular weight excluding hydrogens is 292 g/mol. The average Bonchev–Trinajstić information content (AvgIpc) is 2.86. The highest BCUT2D eigenvalue weighted by Gasteiger charge is 2.10. The van der Waals surface area contributed by atoms with Gasteiger partial charge in [0, 0.05) is 26.3 Å². The standard InChI is InChI=1S/C17H20N4S/c1-11-10-22-17-15(11)16(19-12(2)20-17)18-9-13-5-7-14(8-6-13)21(3)4/h5-8,10H,9H2,1-4H3,(H,18,19,20). The predicted octanol–water partition coefficient (Wildman–Crippen LogP) is 3.99. The fraction of sp³-hybridized carbons (Fsp3) is 0.294. The van der Waals surface area contributed by atoms with Gasteiger partial charge in [0.15, 0.2) is 0 Å². The summed E-state index contributed by atoms with van der Waals surface area (Å²) in [6.07, 6.45) is 0. The van der Waals surface area contributed by atoms with E-state index in [1.54, 1.807) is 11.3 Å². The van der Waals surface area contributed by atoms with Crippen molar-refractivity contribution in [2.75, 3.05) is 24.3 Å². The molecule has 0 spiro atoms. The highest BCUT2D eigenvalue weighted by Crippen LogP contribution is 2.29. The number of rotatable bonds is 4. The number of anilines is 2. The number of nitrogens with one attached hydrogen (secondary N) is 1. The van der Waals surface area contributed by atoms with E-state index in [9.17, 15) is 0 Å². The number of aromatic nitrogens is 2. The Labute approximate surface area is 134 Å². The molecular formula is C17H20N4S. The Morgan fingerprint density at radius 1 is 1.09 bits per heavy atom. The van der Waals surface area contributed by atoms with Crippen LogP contribution in [-0.4, -0.2) is 24.1 Å². The van der Waals surface area contributed by atoms with Crippen LogP contribution in [0.5, 0.6) is 0 Å². The molecule has 0 saturated heterocycles. The van der Waals surface area contributed by atoms with Crippen LogP contribution in [0.1, 0.15) is 17.0 Å². The molecule has 0 amide bonds. The second-order valence-corrected chi connectivity index (χ2v) is 6.49. The van der Waals surface area contributed by atoms with Gasteiger partial charge in [-0.25, -0.2) is 9.97 Å². The lowest BCUT2D eigenvalue weighted by molar-refractivity contribution is 1.05. The maximum absolute atomic E-state index is 4.57. The van der Waals surface area contributed by atoms with Crippen LogP contribution in [0, 0.1) is 13.8 Å². The van der Waals surface area contributed by atoms with E-state index in [4.69, 9.17) is 0 Å². The van der Waals surface area contributed by atoms with Gasteiger partial charge in [0.2, 0.25) is 0 Å². The highest BCUT2D eigenvalue weighted by molar-refractivity contribution is 7.17. The zero-order chi connectivity index (χ0) is 15.7. The van der Waals surface area contributed by atoms with Gasteiger partial charge in [-0.05, 0) is 42.5 Å². The molecule has 3 aromatic rings. The summed E-state index contributed by atoms with van der Waals surface area (Å²) >= 11 is 1.67. The van der Waals surface area contributed by atoms with Gasteiger partial charge in [0.25, 0.3) is 0 Å². The van der Waals surface area contributed by atoms with Gasteiger partial charge in [-0.15, -0.1) is 11.3 Å². The van der Waals surface area contributed by atoms with Gasteiger partial charge in [-0.2, -0.15) is 0 Å². The summed E-state index contributed by atoms with van der Waals surface area (Å²) in [5.41, 5.74) is 3.67. The van der Waals surface area contributed by atoms with Crippen molar-refractivity contribution in [2.24, 2.45) is 0 Å². The van der Waals surface area contributed by atoms with E-state index in [0.717, 1.165) is 28.4 Å². The van der Waals surface area contributed by atoms with E-state index in [-0.39, 0.29) is 0 Å². The summed E-state index contributed by atoms with van der Waals surface area (Å²) in [6.45, 7) is 4.80. The van der Waals surface area contributed by atoms with Gasteiger partial charge >= 0.3 is 0 Å². The molecule has 0 saturated carbocycles. The van der Waals surface area contributed by atoms with Crippen molar-refractivity contribution in [2.45, 2.75) is 20.4 Å². The van der Waals surface area contributed by atoms with Gasteiger partial charge in [-0.1, -0.05) is 12.1 Å². The van der Waals surface area contributed by atoms with E-state index < -0.39 is 0 Å². The SMILES string of the molecule is Cc1nc(NCc2ccc(N(C)C)cc2)c2c(C)csc2n1. The summed E-state index contributed by atoms with van der Waals surface area (Å²) in [4.78, 5) is 12.2. The predicted molar refractivity (Wildman–Crippen MR) is 95.0 cm³/mol. The first-order valence-electron chi connectivity index (χ1n) is 7.27. The molecule has 22 heavy (non-hydrogen) atoms. The number of nitrogens with zero attached hydrogens (tertiary/aromatic N) is 3. The number of benzene rings is 1. The van der Waals surface area contributed by atoms with Crippen molar-refractivity contribution in [3.05, 3.63) is 46.6 Å². The minimum Gasteiger partial charge on any atom is -0.378 e. The molecule has 114 valence electrons. The minimum atomic E-state index is 0.758. The van der Waals surface area contributed by atoms with Crippen molar-refractivity contribution in [3.63, 3.8) is 0 Å². The van der Waals surface area contributed by atoms with Crippen LogP contribution in [-0.2, 0) is 6.54 Å². The molecule has 0 aliphatic carbocycles. The molecule has 0 bridgehead atoms. The smallest absolute Gasteiger partial charge is 0.139 e. The van der Waals surface area contributed by atoms with Crippen LogP contribution >= 0.6 is 11.3 Å². The fourth-order valence-corrected chi connectivity index (χ4v) is 3.38. The average molecular weight is 312 g/mol. The van der Waals surface area contributed by atoms with Crippen LogP contribution in [0.3, 0.4) is 0 Å². The lowest BCUT2D eigenvalue weighted by Crippen LogP contribution is -2.09. The Balaban J connectivity index is 1.83. The van der Waals surface area contributed by atoms with Crippen LogP contribution < -0.4 is 10.2 Å². The third-order valence-electron chi connectivity index (χ3n) is 3.64. The van der Waals surface area contributed by atoms with Crippen molar-refractivity contribution in [1.29, 1.82) is 0 Å². The molecule has 0 fully saturated rings. The third kappa shape index (κ3) is 2.90. The van der Waals surface area contributed by atoms with E-state index in [1.165, 1.54) is 16.8 Å². The monoisotopic (exact) mass is 312 g/mol. The van der Waals surface area contributed by atoms with Crippen molar-refractivity contribution in [3.8, 4) is 0 Å². The van der Waals surface area contributed by atoms with Crippen LogP contribution in [0.2, 0.25) is 0 Å². The minimum absolute atomic E-state index is 0.758. The number of hydrogen-bond donors (Lipinski definition) is 1. The molecule has 3 rings (SSSR count). The highest BCUT2D eigenvalue weighted by atomic mass is 32.1.